The van der Waals surface area contributed by atoms with Crippen LogP contribution in [0, 0.1) is 13.8 Å². The summed E-state index contributed by atoms with van der Waals surface area (Å²) in [6, 6.07) is 3.11. The number of unbranched alkanes of at least 4 members (excludes halogenated alkanes) is 1. The van der Waals surface area contributed by atoms with E-state index in [0.29, 0.717) is 18.7 Å². The van der Waals surface area contributed by atoms with Gasteiger partial charge in [0.25, 0.3) is 0 Å². The molecule has 0 aliphatic heterocycles. The lowest BCUT2D eigenvalue weighted by molar-refractivity contribution is -0.0502. The highest BCUT2D eigenvalue weighted by molar-refractivity contribution is 7.87. The van der Waals surface area contributed by atoms with Crippen molar-refractivity contribution in [3.05, 3.63) is 29.7 Å². The van der Waals surface area contributed by atoms with E-state index in [4.69, 9.17) is 5.11 Å². The molecule has 0 atom stereocenters. The van der Waals surface area contributed by atoms with Gasteiger partial charge in [0.1, 0.15) is 0 Å². The number of nitrogens with zero attached hydrogens (tertiary/aromatic N) is 4. The molecule has 0 unspecified atom stereocenters. The van der Waals surface area contributed by atoms with Crippen LogP contribution < -0.4 is 4.18 Å². The zero-order chi connectivity index (χ0) is 21.4. The van der Waals surface area contributed by atoms with Crippen LogP contribution in [-0.4, -0.2) is 45.2 Å². The average Bonchev–Trinajstić information content (AvgIpc) is 3.15. The van der Waals surface area contributed by atoms with Crippen molar-refractivity contribution in [2.75, 3.05) is 6.61 Å². The SMILES string of the molecule is CCCCn1nc(C)cc1OS(=O)(=O)C(F)(F)F.Cc1ccn(CCCO)n1. The first-order valence-electron chi connectivity index (χ1n) is 8.66. The summed E-state index contributed by atoms with van der Waals surface area (Å²) in [6.45, 7) is 6.73. The Morgan fingerprint density at radius 3 is 2.32 bits per heavy atom. The van der Waals surface area contributed by atoms with Crippen molar-refractivity contribution < 1.29 is 30.9 Å². The standard InChI is InChI=1S/C9H13F3N2O3S.C7H12N2O/c1-3-4-5-14-8(6-7(2)13-14)17-18(15,16)9(10,11)12;1-7-3-5-9(8-7)4-2-6-10/h6H,3-5H2,1-2H3;3,5,10H,2,4,6H2,1H3. The van der Waals surface area contributed by atoms with Crippen LogP contribution in [0.3, 0.4) is 0 Å². The summed E-state index contributed by atoms with van der Waals surface area (Å²) in [5, 5.41) is 16.5. The van der Waals surface area contributed by atoms with Crippen LogP contribution in [0.15, 0.2) is 18.3 Å². The fourth-order valence-electron chi connectivity index (χ4n) is 2.04. The van der Waals surface area contributed by atoms with Crippen molar-refractivity contribution in [2.24, 2.45) is 0 Å². The highest BCUT2D eigenvalue weighted by Gasteiger charge is 2.49. The average molecular weight is 426 g/mol. The number of halogens is 3. The second-order valence-electron chi connectivity index (χ2n) is 5.98. The minimum absolute atomic E-state index is 0.235. The number of rotatable bonds is 8. The van der Waals surface area contributed by atoms with E-state index in [-0.39, 0.29) is 6.61 Å². The summed E-state index contributed by atoms with van der Waals surface area (Å²) in [6.07, 6.45) is 4.15. The number of aryl methyl sites for hydroxylation is 4. The predicted molar refractivity (Wildman–Crippen MR) is 96.1 cm³/mol. The molecular weight excluding hydrogens is 401 g/mol. The van der Waals surface area contributed by atoms with Gasteiger partial charge < -0.3 is 9.29 Å². The zero-order valence-corrected chi connectivity index (χ0v) is 16.8. The highest BCUT2D eigenvalue weighted by atomic mass is 32.2. The smallest absolute Gasteiger partial charge is 0.396 e. The van der Waals surface area contributed by atoms with Crippen LogP contribution in [0.4, 0.5) is 13.2 Å². The number of alkyl halides is 3. The second-order valence-corrected chi connectivity index (χ2v) is 7.52. The van der Waals surface area contributed by atoms with Gasteiger partial charge in [-0.25, -0.2) is 4.68 Å². The summed E-state index contributed by atoms with van der Waals surface area (Å²) in [5.74, 6) is -0.418. The molecule has 0 spiro atoms. The van der Waals surface area contributed by atoms with Crippen molar-refractivity contribution in [1.82, 2.24) is 19.6 Å². The normalized spacial score (nSPS) is 11.8. The van der Waals surface area contributed by atoms with Crippen molar-refractivity contribution in [2.45, 2.75) is 58.6 Å². The molecule has 0 aliphatic rings. The van der Waals surface area contributed by atoms with E-state index in [1.165, 1.54) is 6.92 Å². The molecule has 28 heavy (non-hydrogen) atoms. The maximum absolute atomic E-state index is 12.2. The number of aliphatic hydroxyl groups is 1. The van der Waals surface area contributed by atoms with E-state index in [2.05, 4.69) is 14.4 Å². The predicted octanol–water partition coefficient (Wildman–Crippen LogP) is 2.79. The Labute approximate surface area is 162 Å². The van der Waals surface area contributed by atoms with Gasteiger partial charge in [-0.1, -0.05) is 13.3 Å². The fraction of sp³-hybridized carbons (Fsp3) is 0.625. The topological polar surface area (TPSA) is 99.2 Å². The van der Waals surface area contributed by atoms with Crippen molar-refractivity contribution >= 4 is 10.1 Å². The minimum Gasteiger partial charge on any atom is -0.396 e. The molecule has 0 saturated carbocycles. The molecule has 2 aromatic heterocycles. The van der Waals surface area contributed by atoms with Gasteiger partial charge in [-0.15, -0.1) is 0 Å². The van der Waals surface area contributed by atoms with E-state index < -0.39 is 21.5 Å². The molecule has 160 valence electrons. The molecule has 2 aromatic rings. The first-order valence-corrected chi connectivity index (χ1v) is 10.1. The second kappa shape index (κ2) is 10.5. The molecule has 0 bridgehead atoms. The van der Waals surface area contributed by atoms with Crippen molar-refractivity contribution in [1.29, 1.82) is 0 Å². The lowest BCUT2D eigenvalue weighted by atomic mass is 10.3. The van der Waals surface area contributed by atoms with Crippen LogP contribution in [0.5, 0.6) is 5.88 Å². The van der Waals surface area contributed by atoms with Crippen LogP contribution in [0.25, 0.3) is 0 Å². The van der Waals surface area contributed by atoms with Crippen LogP contribution in [0.1, 0.15) is 37.6 Å². The number of aromatic nitrogens is 4. The van der Waals surface area contributed by atoms with E-state index in [9.17, 15) is 21.6 Å². The van der Waals surface area contributed by atoms with Gasteiger partial charge in [-0.3, -0.25) is 4.68 Å². The maximum Gasteiger partial charge on any atom is 0.534 e. The summed E-state index contributed by atoms with van der Waals surface area (Å²) >= 11 is 0. The van der Waals surface area contributed by atoms with Crippen LogP contribution >= 0.6 is 0 Å². The van der Waals surface area contributed by atoms with Gasteiger partial charge in [0.15, 0.2) is 0 Å². The Bertz CT molecular complexity index is 831. The Hall–Kier alpha value is -2.08. The maximum atomic E-state index is 12.2. The van der Waals surface area contributed by atoms with E-state index in [0.717, 1.165) is 35.8 Å². The van der Waals surface area contributed by atoms with E-state index in [1.807, 2.05) is 30.8 Å². The first kappa shape index (κ1) is 24.0. The molecule has 0 aromatic carbocycles. The van der Waals surface area contributed by atoms with Crippen LogP contribution in [-0.2, 0) is 23.2 Å². The molecule has 0 fully saturated rings. The molecule has 0 amide bonds. The third kappa shape index (κ3) is 7.50. The van der Waals surface area contributed by atoms with E-state index >= 15 is 0 Å². The molecule has 0 aliphatic carbocycles. The largest absolute Gasteiger partial charge is 0.534 e. The van der Waals surface area contributed by atoms with Gasteiger partial charge in [0, 0.05) is 32.0 Å². The zero-order valence-electron chi connectivity index (χ0n) is 16.0. The summed E-state index contributed by atoms with van der Waals surface area (Å²) in [7, 11) is -5.65. The Balaban J connectivity index is 0.000000330. The molecule has 8 nitrogen and oxygen atoms in total. The summed E-state index contributed by atoms with van der Waals surface area (Å²) in [5.41, 5.74) is -4.03. The Morgan fingerprint density at radius 2 is 1.82 bits per heavy atom. The number of hydrogen-bond donors (Lipinski definition) is 1. The third-order valence-corrected chi connectivity index (χ3v) is 4.34. The van der Waals surface area contributed by atoms with Crippen molar-refractivity contribution in [3.63, 3.8) is 0 Å². The lowest BCUT2D eigenvalue weighted by Gasteiger charge is -2.10. The Morgan fingerprint density at radius 1 is 1.14 bits per heavy atom. The van der Waals surface area contributed by atoms with Gasteiger partial charge in [-0.2, -0.15) is 31.8 Å². The molecule has 0 radical (unpaired) electrons. The third-order valence-electron chi connectivity index (χ3n) is 3.39. The fourth-order valence-corrected chi connectivity index (χ4v) is 2.49. The quantitative estimate of drug-likeness (QED) is 0.515. The molecule has 12 heteroatoms. The van der Waals surface area contributed by atoms with Gasteiger partial charge in [-0.05, 0) is 32.8 Å². The van der Waals surface area contributed by atoms with Crippen molar-refractivity contribution in [3.8, 4) is 5.88 Å². The molecule has 2 heterocycles. The Kier molecular flexibility index (Phi) is 8.95. The monoisotopic (exact) mass is 426 g/mol. The van der Waals surface area contributed by atoms with Crippen LogP contribution in [0.2, 0.25) is 0 Å². The number of aliphatic hydroxyl groups excluding tert-OH is 1. The molecule has 1 N–H and O–H groups in total. The van der Waals surface area contributed by atoms with Gasteiger partial charge >= 0.3 is 15.6 Å². The molecule has 0 saturated heterocycles. The van der Waals surface area contributed by atoms with Gasteiger partial charge in [0.05, 0.1) is 11.4 Å². The highest BCUT2D eigenvalue weighted by Crippen LogP contribution is 2.27. The van der Waals surface area contributed by atoms with Gasteiger partial charge in [0.2, 0.25) is 5.88 Å². The molecule has 2 rings (SSSR count). The molecular formula is C16H25F3N4O4S. The summed E-state index contributed by atoms with van der Waals surface area (Å²) in [4.78, 5) is 0. The first-order chi connectivity index (χ1) is 13.0. The summed E-state index contributed by atoms with van der Waals surface area (Å²) < 4.78 is 65.3. The lowest BCUT2D eigenvalue weighted by Crippen LogP contribution is -2.28. The van der Waals surface area contributed by atoms with E-state index in [1.54, 1.807) is 0 Å². The minimum atomic E-state index is -5.65. The number of hydrogen-bond acceptors (Lipinski definition) is 6.